The molecule has 4 heteroatoms. The van der Waals surface area contributed by atoms with Gasteiger partial charge in [-0.3, -0.25) is 4.90 Å². The molecule has 1 saturated heterocycles. The van der Waals surface area contributed by atoms with E-state index in [9.17, 15) is 0 Å². The van der Waals surface area contributed by atoms with E-state index in [-0.39, 0.29) is 5.54 Å². The fraction of sp³-hybridized carbons (Fsp3) is 0.692. The Morgan fingerprint density at radius 3 is 2.65 bits per heavy atom. The van der Waals surface area contributed by atoms with Gasteiger partial charge < -0.3 is 15.2 Å². The van der Waals surface area contributed by atoms with E-state index in [1.54, 1.807) is 0 Å². The SMILES string of the molecule is CN(CC(C)(C)N1CCNCC1)c1ccc[nH]1. The third kappa shape index (κ3) is 3.01. The molecule has 0 spiro atoms. The highest BCUT2D eigenvalue weighted by molar-refractivity contribution is 5.38. The molecule has 1 aliphatic heterocycles. The van der Waals surface area contributed by atoms with Gasteiger partial charge in [0.1, 0.15) is 5.82 Å². The lowest BCUT2D eigenvalue weighted by atomic mass is 10.0. The van der Waals surface area contributed by atoms with Crippen LogP contribution in [0.3, 0.4) is 0 Å². The van der Waals surface area contributed by atoms with Gasteiger partial charge in [0.2, 0.25) is 0 Å². The quantitative estimate of drug-likeness (QED) is 0.822. The summed E-state index contributed by atoms with van der Waals surface area (Å²) in [6.45, 7) is 10.2. The van der Waals surface area contributed by atoms with Crippen molar-refractivity contribution in [2.24, 2.45) is 0 Å². The van der Waals surface area contributed by atoms with Crippen LogP contribution in [0, 0.1) is 0 Å². The van der Waals surface area contributed by atoms with Crippen LogP contribution in [0.1, 0.15) is 13.8 Å². The molecule has 1 aromatic rings. The van der Waals surface area contributed by atoms with E-state index in [0.29, 0.717) is 0 Å². The molecule has 0 unspecified atom stereocenters. The van der Waals surface area contributed by atoms with Crippen LogP contribution in [-0.2, 0) is 0 Å². The number of nitrogens with zero attached hydrogens (tertiary/aromatic N) is 2. The van der Waals surface area contributed by atoms with Crippen LogP contribution in [0.15, 0.2) is 18.3 Å². The van der Waals surface area contributed by atoms with Crippen LogP contribution >= 0.6 is 0 Å². The third-order valence-electron chi connectivity index (χ3n) is 3.59. The fourth-order valence-electron chi connectivity index (χ4n) is 2.59. The zero-order chi connectivity index (χ0) is 12.3. The van der Waals surface area contributed by atoms with Crippen LogP contribution in [0.5, 0.6) is 0 Å². The minimum absolute atomic E-state index is 0.210. The second kappa shape index (κ2) is 5.10. The molecule has 1 aliphatic rings. The highest BCUT2D eigenvalue weighted by Gasteiger charge is 2.29. The largest absolute Gasteiger partial charge is 0.359 e. The van der Waals surface area contributed by atoms with Gasteiger partial charge >= 0.3 is 0 Å². The number of hydrogen-bond donors (Lipinski definition) is 2. The van der Waals surface area contributed by atoms with Crippen LogP contribution in [0.4, 0.5) is 5.82 Å². The Hall–Kier alpha value is -1.00. The lowest BCUT2D eigenvalue weighted by Gasteiger charge is -2.43. The molecule has 0 bridgehead atoms. The van der Waals surface area contributed by atoms with Crippen LogP contribution in [-0.4, -0.2) is 55.2 Å². The van der Waals surface area contributed by atoms with E-state index >= 15 is 0 Å². The highest BCUT2D eigenvalue weighted by atomic mass is 15.3. The maximum absolute atomic E-state index is 3.41. The molecule has 0 amide bonds. The molecule has 0 aliphatic carbocycles. The molecule has 2 rings (SSSR count). The molecule has 2 N–H and O–H groups in total. The number of anilines is 1. The lowest BCUT2D eigenvalue weighted by Crippen LogP contribution is -2.57. The maximum atomic E-state index is 3.41. The Morgan fingerprint density at radius 1 is 1.35 bits per heavy atom. The van der Waals surface area contributed by atoms with Gasteiger partial charge in [-0.05, 0) is 26.0 Å². The van der Waals surface area contributed by atoms with Crippen molar-refractivity contribution in [2.45, 2.75) is 19.4 Å². The molecule has 17 heavy (non-hydrogen) atoms. The first-order chi connectivity index (χ1) is 8.09. The molecular weight excluding hydrogens is 212 g/mol. The summed E-state index contributed by atoms with van der Waals surface area (Å²) in [4.78, 5) is 8.12. The number of piperazine rings is 1. The average molecular weight is 236 g/mol. The average Bonchev–Trinajstić information content (AvgIpc) is 2.83. The molecule has 0 aromatic carbocycles. The Kier molecular flexibility index (Phi) is 3.74. The molecule has 4 nitrogen and oxygen atoms in total. The minimum Gasteiger partial charge on any atom is -0.359 e. The van der Waals surface area contributed by atoms with Crippen molar-refractivity contribution in [1.29, 1.82) is 0 Å². The molecule has 0 saturated carbocycles. The topological polar surface area (TPSA) is 34.3 Å². The fourth-order valence-corrected chi connectivity index (χ4v) is 2.59. The molecule has 1 aromatic heterocycles. The second-order valence-corrected chi connectivity index (χ2v) is 5.46. The molecule has 96 valence electrons. The van der Waals surface area contributed by atoms with E-state index in [1.807, 2.05) is 12.3 Å². The summed E-state index contributed by atoms with van der Waals surface area (Å²) >= 11 is 0. The molecular formula is C13H24N4. The van der Waals surface area contributed by atoms with Gasteiger partial charge in [0, 0.05) is 51.5 Å². The Morgan fingerprint density at radius 2 is 2.06 bits per heavy atom. The summed E-state index contributed by atoms with van der Waals surface area (Å²) in [5, 5.41) is 3.41. The number of aromatic amines is 1. The molecule has 0 atom stereocenters. The summed E-state index contributed by atoms with van der Waals surface area (Å²) in [5.74, 6) is 1.19. The maximum Gasteiger partial charge on any atom is 0.105 e. The monoisotopic (exact) mass is 236 g/mol. The van der Waals surface area contributed by atoms with E-state index in [2.05, 4.69) is 47.1 Å². The van der Waals surface area contributed by atoms with Crippen molar-refractivity contribution < 1.29 is 0 Å². The lowest BCUT2D eigenvalue weighted by molar-refractivity contribution is 0.109. The van der Waals surface area contributed by atoms with Crippen molar-refractivity contribution in [1.82, 2.24) is 15.2 Å². The van der Waals surface area contributed by atoms with E-state index in [1.165, 1.54) is 5.82 Å². The standard InChI is InChI=1S/C13H24N4/c1-13(2,17-9-7-14-8-10-17)11-16(3)12-5-4-6-15-12/h4-6,14-15H,7-11H2,1-3H3. The predicted octanol–water partition coefficient (Wildman–Crippen LogP) is 1.13. The van der Waals surface area contributed by atoms with Crippen LogP contribution < -0.4 is 10.2 Å². The Bertz CT molecular complexity index is 325. The van der Waals surface area contributed by atoms with Gasteiger partial charge in [-0.25, -0.2) is 0 Å². The normalized spacial score (nSPS) is 18.3. The van der Waals surface area contributed by atoms with E-state index < -0.39 is 0 Å². The number of hydrogen-bond acceptors (Lipinski definition) is 3. The van der Waals surface area contributed by atoms with Gasteiger partial charge in [0.15, 0.2) is 0 Å². The number of likely N-dealkylation sites (N-methyl/N-ethyl adjacent to an activating group) is 1. The molecule has 1 fully saturated rings. The second-order valence-electron chi connectivity index (χ2n) is 5.46. The zero-order valence-corrected chi connectivity index (χ0v) is 11.2. The Labute approximate surface area is 104 Å². The zero-order valence-electron chi connectivity index (χ0n) is 11.2. The first-order valence-electron chi connectivity index (χ1n) is 6.40. The first kappa shape index (κ1) is 12.5. The summed E-state index contributed by atoms with van der Waals surface area (Å²) in [7, 11) is 2.15. The summed E-state index contributed by atoms with van der Waals surface area (Å²) in [6.07, 6.45) is 1.98. The van der Waals surface area contributed by atoms with E-state index in [4.69, 9.17) is 0 Å². The highest BCUT2D eigenvalue weighted by Crippen LogP contribution is 2.19. The number of aromatic nitrogens is 1. The van der Waals surface area contributed by atoms with Gasteiger partial charge in [0.25, 0.3) is 0 Å². The van der Waals surface area contributed by atoms with E-state index in [0.717, 1.165) is 32.7 Å². The number of H-pyrrole nitrogens is 1. The van der Waals surface area contributed by atoms with Crippen molar-refractivity contribution in [3.63, 3.8) is 0 Å². The number of rotatable bonds is 4. The van der Waals surface area contributed by atoms with Crippen LogP contribution in [0.25, 0.3) is 0 Å². The summed E-state index contributed by atoms with van der Waals surface area (Å²) < 4.78 is 0. The molecule has 2 heterocycles. The minimum atomic E-state index is 0.210. The number of nitrogens with one attached hydrogen (secondary N) is 2. The van der Waals surface area contributed by atoms with Crippen molar-refractivity contribution in [2.75, 3.05) is 44.7 Å². The summed E-state index contributed by atoms with van der Waals surface area (Å²) in [6, 6.07) is 4.16. The van der Waals surface area contributed by atoms with Gasteiger partial charge in [0.05, 0.1) is 0 Å². The van der Waals surface area contributed by atoms with Crippen molar-refractivity contribution in [3.05, 3.63) is 18.3 Å². The van der Waals surface area contributed by atoms with Gasteiger partial charge in [-0.1, -0.05) is 0 Å². The summed E-state index contributed by atoms with van der Waals surface area (Å²) in [5.41, 5.74) is 0.210. The third-order valence-corrected chi connectivity index (χ3v) is 3.59. The van der Waals surface area contributed by atoms with Crippen molar-refractivity contribution >= 4 is 5.82 Å². The van der Waals surface area contributed by atoms with Crippen molar-refractivity contribution in [3.8, 4) is 0 Å². The van der Waals surface area contributed by atoms with Gasteiger partial charge in [-0.2, -0.15) is 0 Å². The Balaban J connectivity index is 1.96. The van der Waals surface area contributed by atoms with Gasteiger partial charge in [-0.15, -0.1) is 0 Å². The first-order valence-corrected chi connectivity index (χ1v) is 6.40. The predicted molar refractivity (Wildman–Crippen MR) is 72.6 cm³/mol. The molecule has 0 radical (unpaired) electrons. The van der Waals surface area contributed by atoms with Crippen LogP contribution in [0.2, 0.25) is 0 Å². The smallest absolute Gasteiger partial charge is 0.105 e.